The largest absolute Gasteiger partial charge is 0.491 e. The molecule has 3 heterocycles. The highest BCUT2D eigenvalue weighted by Gasteiger charge is 2.33. The number of ether oxygens (including phenoxy) is 4. The number of hydrogen-bond acceptors (Lipinski definition) is 8. The summed E-state index contributed by atoms with van der Waals surface area (Å²) in [5.74, 6) is 0.959. The molecule has 0 aliphatic carbocycles. The molecule has 0 saturated carbocycles. The number of carbonyl (C=O) groups excluding carboxylic acids is 3. The number of likely N-dealkylation sites (tertiary alicyclic amines) is 1. The first-order valence-corrected chi connectivity index (χ1v) is 15.7. The van der Waals surface area contributed by atoms with Crippen molar-refractivity contribution in [3.05, 3.63) is 87.8 Å². The fourth-order valence-corrected chi connectivity index (χ4v) is 5.55. The highest BCUT2D eigenvalue weighted by atomic mass is 16.5. The third kappa shape index (κ3) is 9.33. The Hall–Kier alpha value is -4.88. The van der Waals surface area contributed by atoms with Crippen molar-refractivity contribution < 1.29 is 33.3 Å². The van der Waals surface area contributed by atoms with Crippen molar-refractivity contribution in [2.45, 2.75) is 45.1 Å². The van der Waals surface area contributed by atoms with Crippen molar-refractivity contribution in [3.8, 4) is 17.2 Å². The highest BCUT2D eigenvalue weighted by molar-refractivity contribution is 5.95. The van der Waals surface area contributed by atoms with Crippen LogP contribution in [0.3, 0.4) is 0 Å². The molecular formula is C34H41N5O8. The maximum atomic E-state index is 13.3. The molecular weight excluding hydrogens is 606 g/mol. The van der Waals surface area contributed by atoms with Gasteiger partial charge in [0, 0.05) is 69.6 Å². The minimum Gasteiger partial charge on any atom is -0.491 e. The second-order valence-corrected chi connectivity index (χ2v) is 11.4. The van der Waals surface area contributed by atoms with E-state index in [1.807, 2.05) is 31.2 Å². The third-order valence-corrected chi connectivity index (χ3v) is 8.04. The number of pyridine rings is 1. The number of carbonyl (C=O) groups is 3. The van der Waals surface area contributed by atoms with E-state index in [2.05, 4.69) is 16.0 Å². The molecule has 4 amide bonds. The van der Waals surface area contributed by atoms with E-state index >= 15 is 0 Å². The Morgan fingerprint density at radius 1 is 0.979 bits per heavy atom. The maximum Gasteiger partial charge on any atom is 0.315 e. The zero-order valence-corrected chi connectivity index (χ0v) is 26.7. The second kappa shape index (κ2) is 16.1. The Morgan fingerprint density at radius 2 is 1.81 bits per heavy atom. The minimum atomic E-state index is -0.494. The number of aromatic nitrogens is 1. The summed E-state index contributed by atoms with van der Waals surface area (Å²) in [6, 6.07) is 16.6. The molecule has 13 nitrogen and oxygen atoms in total. The summed E-state index contributed by atoms with van der Waals surface area (Å²) in [5.41, 5.74) is 1.81. The molecule has 2 aliphatic heterocycles. The molecule has 1 aromatic heterocycles. The van der Waals surface area contributed by atoms with Crippen LogP contribution in [0.2, 0.25) is 0 Å². The van der Waals surface area contributed by atoms with Gasteiger partial charge in [-0.25, -0.2) is 4.79 Å². The topological polar surface area (TPSA) is 149 Å². The van der Waals surface area contributed by atoms with Gasteiger partial charge in [-0.3, -0.25) is 14.4 Å². The van der Waals surface area contributed by atoms with Crippen LogP contribution in [-0.2, 0) is 27.4 Å². The Morgan fingerprint density at radius 3 is 2.64 bits per heavy atom. The van der Waals surface area contributed by atoms with Gasteiger partial charge in [-0.1, -0.05) is 18.2 Å². The maximum absolute atomic E-state index is 13.3. The molecule has 2 atom stereocenters. The van der Waals surface area contributed by atoms with E-state index in [1.54, 1.807) is 46.9 Å². The van der Waals surface area contributed by atoms with Gasteiger partial charge in [0.2, 0.25) is 5.91 Å². The summed E-state index contributed by atoms with van der Waals surface area (Å²) in [6.07, 6.45) is 0.158. The summed E-state index contributed by atoms with van der Waals surface area (Å²) < 4.78 is 24.9. The Kier molecular flexibility index (Phi) is 11.5. The highest BCUT2D eigenvalue weighted by Crippen LogP contribution is 2.29. The molecule has 47 heavy (non-hydrogen) atoms. The molecule has 2 aromatic carbocycles. The number of amides is 4. The van der Waals surface area contributed by atoms with Crippen molar-refractivity contribution in [3.63, 3.8) is 0 Å². The molecule has 1 fully saturated rings. The molecule has 2 aliphatic rings. The lowest BCUT2D eigenvalue weighted by Gasteiger charge is -2.38. The first kappa shape index (κ1) is 33.5. The van der Waals surface area contributed by atoms with Gasteiger partial charge < -0.3 is 44.4 Å². The van der Waals surface area contributed by atoms with Crippen LogP contribution >= 0.6 is 0 Å². The number of hydrogen-bond donors (Lipinski definition) is 3. The molecule has 4 bridgehead atoms. The Bertz CT molecular complexity index is 1630. The van der Waals surface area contributed by atoms with Crippen molar-refractivity contribution in [2.75, 3.05) is 46.5 Å². The standard InChI is InChI=1S/C34H41N5O8/c1-23-5-3-8-32(41)39(23)14-10-31(40)38-13-9-29-30(21-38)46-22-24-6-4-7-26(17-24)47-28-19-25(18-27(20-28)45-16-15-44-2)33(42)35-11-12-36-34(43)37-29/h3-8,17-20,29-30H,9-16,21-22H2,1-2H3,(H,35,42)(H2,36,37,43)/t29-,30-/m0/s1. The van der Waals surface area contributed by atoms with E-state index in [-0.39, 0.29) is 62.6 Å². The van der Waals surface area contributed by atoms with Gasteiger partial charge in [-0.05, 0) is 49.2 Å². The van der Waals surface area contributed by atoms with Crippen molar-refractivity contribution in [2.24, 2.45) is 0 Å². The van der Waals surface area contributed by atoms with Crippen LogP contribution in [-0.4, -0.2) is 86.0 Å². The van der Waals surface area contributed by atoms with Crippen LogP contribution < -0.4 is 31.0 Å². The lowest BCUT2D eigenvalue weighted by molar-refractivity contribution is -0.136. The zero-order valence-electron chi connectivity index (χ0n) is 26.7. The zero-order chi connectivity index (χ0) is 33.2. The lowest BCUT2D eigenvalue weighted by atomic mass is 10.0. The van der Waals surface area contributed by atoms with Crippen molar-refractivity contribution in [1.29, 1.82) is 0 Å². The van der Waals surface area contributed by atoms with Gasteiger partial charge in [0.15, 0.2) is 0 Å². The molecule has 1 saturated heterocycles. The number of rotatable bonds is 7. The number of nitrogens with one attached hydrogen (secondary N) is 3. The van der Waals surface area contributed by atoms with E-state index in [0.29, 0.717) is 49.0 Å². The van der Waals surface area contributed by atoms with Gasteiger partial charge in [0.1, 0.15) is 23.9 Å². The summed E-state index contributed by atoms with van der Waals surface area (Å²) in [6.45, 7) is 4.09. The first-order valence-electron chi connectivity index (χ1n) is 15.7. The fraction of sp³-hybridized carbons (Fsp3) is 0.412. The van der Waals surface area contributed by atoms with Crippen molar-refractivity contribution in [1.82, 2.24) is 25.4 Å². The minimum absolute atomic E-state index is 0.0925. The van der Waals surface area contributed by atoms with E-state index < -0.39 is 12.1 Å². The van der Waals surface area contributed by atoms with Crippen LogP contribution in [0.25, 0.3) is 0 Å². The second-order valence-electron chi connectivity index (χ2n) is 11.4. The van der Waals surface area contributed by atoms with Gasteiger partial charge in [0.25, 0.3) is 11.5 Å². The molecule has 250 valence electrons. The number of benzene rings is 2. The number of urea groups is 1. The predicted molar refractivity (Wildman–Crippen MR) is 173 cm³/mol. The van der Waals surface area contributed by atoms with Crippen LogP contribution in [0.4, 0.5) is 4.79 Å². The normalized spacial score (nSPS) is 18.7. The molecule has 0 spiro atoms. The van der Waals surface area contributed by atoms with Crippen LogP contribution in [0.15, 0.2) is 65.5 Å². The number of aryl methyl sites for hydroxylation is 1. The molecule has 0 unspecified atom stereocenters. The Labute approximate surface area is 273 Å². The lowest BCUT2D eigenvalue weighted by Crippen LogP contribution is -2.58. The third-order valence-electron chi connectivity index (χ3n) is 8.04. The summed E-state index contributed by atoms with van der Waals surface area (Å²) in [7, 11) is 1.58. The molecule has 13 heteroatoms. The molecule has 5 rings (SSSR count). The summed E-state index contributed by atoms with van der Waals surface area (Å²) in [4.78, 5) is 53.1. The van der Waals surface area contributed by atoms with Crippen LogP contribution in [0.5, 0.6) is 17.2 Å². The average Bonchev–Trinajstić information content (AvgIpc) is 3.05. The fourth-order valence-electron chi connectivity index (χ4n) is 5.55. The number of fused-ring (bicyclic) bond motifs is 5. The quantitative estimate of drug-likeness (QED) is 0.332. The van der Waals surface area contributed by atoms with Gasteiger partial charge in [-0.15, -0.1) is 0 Å². The van der Waals surface area contributed by atoms with Crippen LogP contribution in [0, 0.1) is 6.92 Å². The predicted octanol–water partition coefficient (Wildman–Crippen LogP) is 2.59. The van der Waals surface area contributed by atoms with Gasteiger partial charge >= 0.3 is 6.03 Å². The van der Waals surface area contributed by atoms with Gasteiger partial charge in [-0.2, -0.15) is 0 Å². The van der Waals surface area contributed by atoms with Crippen LogP contribution in [0.1, 0.15) is 34.5 Å². The molecule has 3 N–H and O–H groups in total. The summed E-state index contributed by atoms with van der Waals surface area (Å²) >= 11 is 0. The van der Waals surface area contributed by atoms with E-state index in [0.717, 1.165) is 11.3 Å². The SMILES string of the molecule is COCCOc1cc2cc(c1)C(=O)NCCNC(=O)N[C@H]1CCN(C(=O)CCn3c(C)cccc3=O)C[C@@H]1OCc1cccc(c1)O2. The van der Waals surface area contributed by atoms with Crippen molar-refractivity contribution >= 4 is 17.8 Å². The number of nitrogens with zero attached hydrogens (tertiary/aromatic N) is 2. The Balaban J connectivity index is 1.32. The average molecular weight is 648 g/mol. The number of methoxy groups -OCH3 is 1. The monoisotopic (exact) mass is 647 g/mol. The smallest absolute Gasteiger partial charge is 0.315 e. The molecule has 3 aromatic rings. The number of piperidine rings is 1. The van der Waals surface area contributed by atoms with E-state index in [1.165, 1.54) is 6.07 Å². The first-order chi connectivity index (χ1) is 22.8. The van der Waals surface area contributed by atoms with Gasteiger partial charge in [0.05, 0.1) is 25.4 Å². The van der Waals surface area contributed by atoms with E-state index in [9.17, 15) is 19.2 Å². The van der Waals surface area contributed by atoms with E-state index in [4.69, 9.17) is 18.9 Å². The summed E-state index contributed by atoms with van der Waals surface area (Å²) in [5, 5.41) is 8.59. The molecule has 0 radical (unpaired) electrons.